The first-order valence-electron chi connectivity index (χ1n) is 7.79. The summed E-state index contributed by atoms with van der Waals surface area (Å²) in [7, 11) is -3.83. The van der Waals surface area contributed by atoms with Gasteiger partial charge in [0.05, 0.1) is 9.82 Å². The van der Waals surface area contributed by atoms with Crippen molar-refractivity contribution in [3.63, 3.8) is 0 Å². The van der Waals surface area contributed by atoms with E-state index in [2.05, 4.69) is 10.0 Å². The molecule has 1 aliphatic heterocycles. The molecule has 0 radical (unpaired) electrons. The van der Waals surface area contributed by atoms with Crippen LogP contribution in [0.4, 0.5) is 5.69 Å². The van der Waals surface area contributed by atoms with Crippen LogP contribution in [0.2, 0.25) is 0 Å². The minimum Gasteiger partial charge on any atom is -0.454 e. The number of nitrogens with one attached hydrogen (secondary N) is 2. The van der Waals surface area contributed by atoms with Gasteiger partial charge < -0.3 is 14.8 Å². The van der Waals surface area contributed by atoms with E-state index in [1.165, 1.54) is 0 Å². The second kappa shape index (κ2) is 7.60. The van der Waals surface area contributed by atoms with Crippen LogP contribution in [0.3, 0.4) is 0 Å². The molecule has 0 bridgehead atoms. The molecule has 1 aliphatic rings. The molecule has 10 nitrogen and oxygen atoms in total. The van der Waals surface area contributed by atoms with Gasteiger partial charge >= 0.3 is 0 Å². The predicted molar refractivity (Wildman–Crippen MR) is 93.2 cm³/mol. The molecule has 1 heterocycles. The van der Waals surface area contributed by atoms with E-state index >= 15 is 0 Å². The second-order valence-corrected chi connectivity index (χ2v) is 7.24. The fourth-order valence-corrected chi connectivity index (χ4v) is 3.36. The first-order valence-corrected chi connectivity index (χ1v) is 9.27. The molecule has 2 aromatic carbocycles. The number of nitrogens with zero attached hydrogens (tertiary/aromatic N) is 1. The molecule has 0 saturated carbocycles. The summed E-state index contributed by atoms with van der Waals surface area (Å²) in [5.41, 5.74) is 0.155. The minimum absolute atomic E-state index is 0.0460. The van der Waals surface area contributed by atoms with Gasteiger partial charge in [-0.2, -0.15) is 0 Å². The first-order chi connectivity index (χ1) is 12.9. The zero-order valence-corrected chi connectivity index (χ0v) is 14.7. The van der Waals surface area contributed by atoms with Gasteiger partial charge in [-0.15, -0.1) is 0 Å². The Bertz CT molecular complexity index is 974. The molecule has 142 valence electrons. The summed E-state index contributed by atoms with van der Waals surface area (Å²) < 4.78 is 36.9. The molecule has 0 unspecified atom stereocenters. The summed E-state index contributed by atoms with van der Waals surface area (Å²) in [4.78, 5) is 22.0. The molecular weight excluding hydrogens is 378 g/mol. The molecule has 2 aromatic rings. The van der Waals surface area contributed by atoms with Gasteiger partial charge in [0, 0.05) is 30.8 Å². The predicted octanol–water partition coefficient (Wildman–Crippen LogP) is 1.03. The molecule has 0 atom stereocenters. The smallest absolute Gasteiger partial charge is 0.269 e. The summed E-state index contributed by atoms with van der Waals surface area (Å²) in [5, 5.41) is 13.2. The lowest BCUT2D eigenvalue weighted by molar-refractivity contribution is -0.384. The van der Waals surface area contributed by atoms with Crippen LogP contribution in [0, 0.1) is 10.1 Å². The van der Waals surface area contributed by atoms with Gasteiger partial charge in [0.2, 0.25) is 16.8 Å². The molecular formula is C16H15N3O7S. The van der Waals surface area contributed by atoms with E-state index in [1.807, 2.05) is 0 Å². The SMILES string of the molecule is O=C(NCCNS(=O)(=O)c1ccc([N+](=O)[O-])cc1)c1ccc2c(c1)OCO2. The lowest BCUT2D eigenvalue weighted by Gasteiger charge is -2.08. The summed E-state index contributed by atoms with van der Waals surface area (Å²) >= 11 is 0. The van der Waals surface area contributed by atoms with Gasteiger partial charge in [0.15, 0.2) is 11.5 Å². The Hall–Kier alpha value is -3.18. The van der Waals surface area contributed by atoms with Crippen molar-refractivity contribution in [1.29, 1.82) is 0 Å². The number of fused-ring (bicyclic) bond motifs is 1. The third-order valence-corrected chi connectivity index (χ3v) is 5.17. The average molecular weight is 393 g/mol. The number of nitro benzene ring substituents is 1. The summed E-state index contributed by atoms with van der Waals surface area (Å²) in [6.45, 7) is 0.111. The molecule has 2 N–H and O–H groups in total. The summed E-state index contributed by atoms with van der Waals surface area (Å²) in [6, 6.07) is 9.24. The molecule has 0 saturated heterocycles. The zero-order valence-electron chi connectivity index (χ0n) is 13.9. The highest BCUT2D eigenvalue weighted by molar-refractivity contribution is 7.89. The fourth-order valence-electron chi connectivity index (χ4n) is 2.33. The number of amides is 1. The number of nitro groups is 1. The number of non-ortho nitro benzene ring substituents is 1. The van der Waals surface area contributed by atoms with E-state index in [9.17, 15) is 23.3 Å². The van der Waals surface area contributed by atoms with Crippen molar-refractivity contribution in [2.45, 2.75) is 4.90 Å². The fraction of sp³-hybridized carbons (Fsp3) is 0.188. The summed E-state index contributed by atoms with van der Waals surface area (Å²) in [5.74, 6) is 0.645. The maximum atomic E-state index is 12.1. The maximum absolute atomic E-state index is 12.1. The molecule has 27 heavy (non-hydrogen) atoms. The van der Waals surface area contributed by atoms with E-state index in [1.54, 1.807) is 18.2 Å². The Morgan fingerprint density at radius 2 is 1.78 bits per heavy atom. The van der Waals surface area contributed by atoms with Crippen LogP contribution >= 0.6 is 0 Å². The van der Waals surface area contributed by atoms with E-state index in [0.717, 1.165) is 24.3 Å². The quantitative estimate of drug-likeness (QED) is 0.407. The third-order valence-electron chi connectivity index (χ3n) is 3.70. The van der Waals surface area contributed by atoms with Crippen LogP contribution in [0.15, 0.2) is 47.4 Å². The van der Waals surface area contributed by atoms with E-state index in [-0.39, 0.29) is 36.4 Å². The van der Waals surface area contributed by atoms with Gasteiger partial charge in [-0.25, -0.2) is 13.1 Å². The van der Waals surface area contributed by atoms with Crippen molar-refractivity contribution in [3.05, 3.63) is 58.1 Å². The number of sulfonamides is 1. The van der Waals surface area contributed by atoms with Crippen molar-refractivity contribution in [1.82, 2.24) is 10.0 Å². The molecule has 0 fully saturated rings. The molecule has 0 aliphatic carbocycles. The van der Waals surface area contributed by atoms with Gasteiger partial charge in [-0.3, -0.25) is 14.9 Å². The van der Waals surface area contributed by atoms with Crippen LogP contribution in [0.1, 0.15) is 10.4 Å². The lowest BCUT2D eigenvalue weighted by Crippen LogP contribution is -2.34. The van der Waals surface area contributed by atoms with Crippen molar-refractivity contribution in [2.24, 2.45) is 0 Å². The number of hydrogen-bond donors (Lipinski definition) is 2. The standard InChI is InChI=1S/C16H15N3O7S/c20-16(11-1-6-14-15(9-11)26-10-25-14)17-7-8-18-27(23,24)13-4-2-12(3-5-13)19(21)22/h1-6,9,18H,7-8,10H2,(H,17,20). The van der Waals surface area contributed by atoms with Crippen molar-refractivity contribution in [2.75, 3.05) is 19.9 Å². The molecule has 0 aromatic heterocycles. The first kappa shape index (κ1) is 18.6. The summed E-state index contributed by atoms with van der Waals surface area (Å²) in [6.07, 6.45) is 0. The average Bonchev–Trinajstić information content (AvgIpc) is 3.13. The van der Waals surface area contributed by atoms with Crippen LogP contribution in [0.25, 0.3) is 0 Å². The number of hydrogen-bond acceptors (Lipinski definition) is 7. The Balaban J connectivity index is 1.51. The third kappa shape index (κ3) is 4.33. The topological polar surface area (TPSA) is 137 Å². The zero-order chi connectivity index (χ0) is 19.4. The number of benzene rings is 2. The highest BCUT2D eigenvalue weighted by atomic mass is 32.2. The normalized spacial score (nSPS) is 12.6. The molecule has 11 heteroatoms. The van der Waals surface area contributed by atoms with Gasteiger partial charge in [-0.05, 0) is 30.3 Å². The minimum atomic E-state index is -3.83. The number of ether oxygens (including phenoxy) is 2. The second-order valence-electron chi connectivity index (χ2n) is 5.47. The molecule has 0 spiro atoms. The highest BCUT2D eigenvalue weighted by Crippen LogP contribution is 2.32. The number of rotatable bonds is 7. The van der Waals surface area contributed by atoms with Gasteiger partial charge in [-0.1, -0.05) is 0 Å². The van der Waals surface area contributed by atoms with Crippen molar-refractivity contribution < 1.29 is 27.6 Å². The molecule has 1 amide bonds. The monoisotopic (exact) mass is 393 g/mol. The molecule has 3 rings (SSSR count). The van der Waals surface area contributed by atoms with Crippen molar-refractivity contribution in [3.8, 4) is 11.5 Å². The van der Waals surface area contributed by atoms with Crippen LogP contribution < -0.4 is 19.5 Å². The Kier molecular flexibility index (Phi) is 5.23. The Morgan fingerprint density at radius 1 is 1.07 bits per heavy atom. The van der Waals surface area contributed by atoms with Crippen LogP contribution in [-0.2, 0) is 10.0 Å². The highest BCUT2D eigenvalue weighted by Gasteiger charge is 2.17. The van der Waals surface area contributed by atoms with Crippen molar-refractivity contribution >= 4 is 21.6 Å². The number of carbonyl (C=O) groups excluding carboxylic acids is 1. The number of carbonyl (C=O) groups is 1. The van der Waals surface area contributed by atoms with E-state index in [0.29, 0.717) is 17.1 Å². The van der Waals surface area contributed by atoms with Gasteiger partial charge in [0.25, 0.3) is 11.6 Å². The van der Waals surface area contributed by atoms with Crippen LogP contribution in [0.5, 0.6) is 11.5 Å². The Labute approximate surface area is 154 Å². The largest absolute Gasteiger partial charge is 0.454 e. The van der Waals surface area contributed by atoms with Crippen LogP contribution in [-0.4, -0.2) is 39.1 Å². The van der Waals surface area contributed by atoms with Gasteiger partial charge in [0.1, 0.15) is 0 Å². The van der Waals surface area contributed by atoms with E-state index < -0.39 is 14.9 Å². The lowest BCUT2D eigenvalue weighted by atomic mass is 10.2. The van der Waals surface area contributed by atoms with E-state index in [4.69, 9.17) is 9.47 Å². The maximum Gasteiger partial charge on any atom is 0.269 e. The Morgan fingerprint density at radius 3 is 2.48 bits per heavy atom.